The summed E-state index contributed by atoms with van der Waals surface area (Å²) in [6.07, 6.45) is 0.296. The summed E-state index contributed by atoms with van der Waals surface area (Å²) in [5.41, 5.74) is 1.93. The van der Waals surface area contributed by atoms with Crippen molar-refractivity contribution in [2.75, 3.05) is 14.2 Å². The smallest absolute Gasteiger partial charge is 0.311 e. The Labute approximate surface area is 134 Å². The molecule has 1 atom stereocenters. The van der Waals surface area contributed by atoms with Gasteiger partial charge in [-0.2, -0.15) is 5.26 Å². The summed E-state index contributed by atoms with van der Waals surface area (Å²) in [5, 5.41) is 18.5. The van der Waals surface area contributed by atoms with Crippen LogP contribution in [0.1, 0.15) is 22.6 Å². The summed E-state index contributed by atoms with van der Waals surface area (Å²) in [6, 6.07) is 14.0. The van der Waals surface area contributed by atoms with Gasteiger partial charge in [0.25, 0.3) is 0 Å². The minimum Gasteiger partial charge on any atom is -0.497 e. The van der Waals surface area contributed by atoms with Crippen LogP contribution in [0.5, 0.6) is 11.5 Å². The fourth-order valence-corrected chi connectivity index (χ4v) is 2.39. The molecule has 0 saturated heterocycles. The van der Waals surface area contributed by atoms with E-state index in [0.717, 1.165) is 5.56 Å². The number of nitrogens with zero attached hydrogens (tertiary/aromatic N) is 1. The van der Waals surface area contributed by atoms with E-state index in [2.05, 4.69) is 0 Å². The molecule has 0 heterocycles. The number of hydrogen-bond acceptors (Lipinski definition) is 4. The molecule has 5 heteroatoms. The summed E-state index contributed by atoms with van der Waals surface area (Å²) in [7, 11) is 3.04. The van der Waals surface area contributed by atoms with Crippen LogP contribution in [0, 0.1) is 11.3 Å². The lowest BCUT2D eigenvalue weighted by molar-refractivity contribution is -0.138. The van der Waals surface area contributed by atoms with Crippen molar-refractivity contribution < 1.29 is 19.4 Å². The molecule has 1 N–H and O–H groups in total. The van der Waals surface area contributed by atoms with Crippen LogP contribution in [-0.4, -0.2) is 25.3 Å². The molecule has 0 fully saturated rings. The van der Waals surface area contributed by atoms with Crippen LogP contribution in [0.2, 0.25) is 0 Å². The highest BCUT2D eigenvalue weighted by molar-refractivity contribution is 5.78. The van der Waals surface area contributed by atoms with Gasteiger partial charge in [0.05, 0.1) is 31.8 Å². The third kappa shape index (κ3) is 3.80. The normalized spacial score (nSPS) is 11.3. The Morgan fingerprint density at radius 1 is 1.17 bits per heavy atom. The van der Waals surface area contributed by atoms with Gasteiger partial charge in [-0.15, -0.1) is 0 Å². The average molecular weight is 311 g/mol. The van der Waals surface area contributed by atoms with Gasteiger partial charge in [-0.25, -0.2) is 0 Å². The standard InChI is InChI=1S/C18H17NO4/c1-22-14-7-8-17(23-2)15(10-14)16(18(20)21)9-12-3-5-13(11-19)6-4-12/h3-8,10,16H,9H2,1-2H3,(H,20,21). The van der Waals surface area contributed by atoms with Crippen LogP contribution in [0.25, 0.3) is 0 Å². The Balaban J connectivity index is 2.38. The van der Waals surface area contributed by atoms with E-state index >= 15 is 0 Å². The van der Waals surface area contributed by atoms with Crippen molar-refractivity contribution in [3.8, 4) is 17.6 Å². The molecule has 0 aliphatic carbocycles. The van der Waals surface area contributed by atoms with Gasteiger partial charge < -0.3 is 14.6 Å². The predicted molar refractivity (Wildman–Crippen MR) is 84.8 cm³/mol. The first-order valence-corrected chi connectivity index (χ1v) is 7.02. The third-order valence-corrected chi connectivity index (χ3v) is 3.63. The number of hydrogen-bond donors (Lipinski definition) is 1. The minimum absolute atomic E-state index is 0.296. The maximum atomic E-state index is 11.7. The van der Waals surface area contributed by atoms with Crippen molar-refractivity contribution in [2.45, 2.75) is 12.3 Å². The molecular weight excluding hydrogens is 294 g/mol. The van der Waals surface area contributed by atoms with E-state index in [1.165, 1.54) is 14.2 Å². The van der Waals surface area contributed by atoms with Gasteiger partial charge in [0.15, 0.2) is 0 Å². The molecule has 0 saturated carbocycles. The maximum absolute atomic E-state index is 11.7. The molecule has 0 aliphatic heterocycles. The second-order valence-corrected chi connectivity index (χ2v) is 5.01. The predicted octanol–water partition coefficient (Wildman–Crippen LogP) is 2.99. The first-order valence-electron chi connectivity index (χ1n) is 7.02. The van der Waals surface area contributed by atoms with E-state index in [0.29, 0.717) is 29.0 Å². The number of rotatable bonds is 6. The topological polar surface area (TPSA) is 79.5 Å². The highest BCUT2D eigenvalue weighted by Gasteiger charge is 2.24. The first-order chi connectivity index (χ1) is 11.1. The summed E-state index contributed by atoms with van der Waals surface area (Å²) in [6.45, 7) is 0. The van der Waals surface area contributed by atoms with Gasteiger partial charge in [-0.05, 0) is 42.3 Å². The van der Waals surface area contributed by atoms with Crippen LogP contribution in [-0.2, 0) is 11.2 Å². The first kappa shape index (κ1) is 16.4. The fourth-order valence-electron chi connectivity index (χ4n) is 2.39. The Kier molecular flexibility index (Phi) is 5.21. The van der Waals surface area contributed by atoms with Crippen LogP contribution in [0.4, 0.5) is 0 Å². The van der Waals surface area contributed by atoms with Gasteiger partial charge >= 0.3 is 5.97 Å². The molecule has 0 amide bonds. The molecule has 1 unspecified atom stereocenters. The Morgan fingerprint density at radius 3 is 2.39 bits per heavy atom. The molecule has 0 bridgehead atoms. The summed E-state index contributed by atoms with van der Waals surface area (Å²) in [4.78, 5) is 11.7. The van der Waals surface area contributed by atoms with Crippen molar-refractivity contribution >= 4 is 5.97 Å². The number of ether oxygens (including phenoxy) is 2. The lowest BCUT2D eigenvalue weighted by Crippen LogP contribution is -2.15. The lowest BCUT2D eigenvalue weighted by Gasteiger charge is -2.17. The number of carbonyl (C=O) groups is 1. The molecule has 0 spiro atoms. The van der Waals surface area contributed by atoms with Gasteiger partial charge in [-0.3, -0.25) is 4.79 Å². The summed E-state index contributed by atoms with van der Waals surface area (Å²) < 4.78 is 10.5. The maximum Gasteiger partial charge on any atom is 0.311 e. The quantitative estimate of drug-likeness (QED) is 0.887. The minimum atomic E-state index is -0.944. The second-order valence-electron chi connectivity index (χ2n) is 5.01. The van der Waals surface area contributed by atoms with Gasteiger partial charge in [0.2, 0.25) is 0 Å². The zero-order chi connectivity index (χ0) is 16.8. The monoisotopic (exact) mass is 311 g/mol. The molecule has 5 nitrogen and oxygen atoms in total. The molecule has 0 aliphatic rings. The van der Waals surface area contributed by atoms with Crippen molar-refractivity contribution in [1.29, 1.82) is 5.26 Å². The number of carboxylic acid groups (broad SMARTS) is 1. The largest absolute Gasteiger partial charge is 0.497 e. The van der Waals surface area contributed by atoms with Crippen molar-refractivity contribution in [3.63, 3.8) is 0 Å². The number of carboxylic acids is 1. The fraction of sp³-hybridized carbons (Fsp3) is 0.222. The SMILES string of the molecule is COc1ccc(OC)c(C(Cc2ccc(C#N)cc2)C(=O)O)c1. The van der Waals surface area contributed by atoms with E-state index in [9.17, 15) is 9.90 Å². The Hall–Kier alpha value is -3.00. The van der Waals surface area contributed by atoms with E-state index < -0.39 is 11.9 Å². The van der Waals surface area contributed by atoms with Gasteiger partial charge in [-0.1, -0.05) is 12.1 Å². The number of methoxy groups -OCH3 is 2. The number of aliphatic carboxylic acids is 1. The van der Waals surface area contributed by atoms with Crippen LogP contribution < -0.4 is 9.47 Å². The van der Waals surface area contributed by atoms with Crippen LogP contribution in [0.15, 0.2) is 42.5 Å². The average Bonchev–Trinajstić information content (AvgIpc) is 2.59. The lowest BCUT2D eigenvalue weighted by atomic mass is 9.91. The highest BCUT2D eigenvalue weighted by Crippen LogP contribution is 2.33. The summed E-state index contributed by atoms with van der Waals surface area (Å²) >= 11 is 0. The van der Waals surface area contributed by atoms with E-state index in [1.807, 2.05) is 6.07 Å². The highest BCUT2D eigenvalue weighted by atomic mass is 16.5. The van der Waals surface area contributed by atoms with Crippen molar-refractivity contribution in [2.24, 2.45) is 0 Å². The zero-order valence-electron chi connectivity index (χ0n) is 12.9. The summed E-state index contributed by atoms with van der Waals surface area (Å²) in [5.74, 6) is -0.632. The molecular formula is C18H17NO4. The van der Waals surface area contributed by atoms with Gasteiger partial charge in [0, 0.05) is 5.56 Å². The number of nitriles is 1. The Morgan fingerprint density at radius 2 is 1.87 bits per heavy atom. The number of benzene rings is 2. The molecule has 118 valence electrons. The molecule has 2 aromatic rings. The van der Waals surface area contributed by atoms with Gasteiger partial charge in [0.1, 0.15) is 11.5 Å². The van der Waals surface area contributed by atoms with Crippen LogP contribution in [0.3, 0.4) is 0 Å². The van der Waals surface area contributed by atoms with Crippen molar-refractivity contribution in [1.82, 2.24) is 0 Å². The zero-order valence-corrected chi connectivity index (χ0v) is 12.9. The van der Waals surface area contributed by atoms with E-state index in [-0.39, 0.29) is 0 Å². The second kappa shape index (κ2) is 7.32. The third-order valence-electron chi connectivity index (χ3n) is 3.63. The molecule has 2 aromatic carbocycles. The van der Waals surface area contributed by atoms with Crippen molar-refractivity contribution in [3.05, 3.63) is 59.2 Å². The van der Waals surface area contributed by atoms with E-state index in [4.69, 9.17) is 14.7 Å². The van der Waals surface area contributed by atoms with Crippen LogP contribution >= 0.6 is 0 Å². The molecule has 0 aromatic heterocycles. The Bertz CT molecular complexity index is 732. The molecule has 0 radical (unpaired) electrons. The molecule has 23 heavy (non-hydrogen) atoms. The van der Waals surface area contributed by atoms with E-state index in [1.54, 1.807) is 42.5 Å². The molecule has 2 rings (SSSR count).